The Morgan fingerprint density at radius 1 is 1.24 bits per heavy atom. The first-order valence-corrected chi connectivity index (χ1v) is 5.59. The van der Waals surface area contributed by atoms with Gasteiger partial charge in [-0.05, 0) is 30.5 Å². The van der Waals surface area contributed by atoms with Crippen LogP contribution in [0.4, 0.5) is 4.39 Å². The summed E-state index contributed by atoms with van der Waals surface area (Å²) in [4.78, 5) is 22.2. The third-order valence-electron chi connectivity index (χ3n) is 2.76. The second kappa shape index (κ2) is 5.08. The van der Waals surface area contributed by atoms with E-state index >= 15 is 0 Å². The van der Waals surface area contributed by atoms with Crippen molar-refractivity contribution in [2.45, 2.75) is 31.8 Å². The largest absolute Gasteiger partial charge is 0.462 e. The van der Waals surface area contributed by atoms with Crippen LogP contribution in [0.2, 0.25) is 0 Å². The van der Waals surface area contributed by atoms with Crippen molar-refractivity contribution in [2.75, 3.05) is 0 Å². The zero-order chi connectivity index (χ0) is 12.3. The van der Waals surface area contributed by atoms with Crippen LogP contribution in [0, 0.1) is 5.82 Å². The summed E-state index contributed by atoms with van der Waals surface area (Å²) in [5.74, 6) is -0.774. The second-order valence-electron chi connectivity index (χ2n) is 4.20. The summed E-state index contributed by atoms with van der Waals surface area (Å²) in [5.41, 5.74) is 0.973. The Bertz CT molecular complexity index is 409. The molecule has 0 aromatic heterocycles. The van der Waals surface area contributed by atoms with Crippen molar-refractivity contribution in [3.63, 3.8) is 0 Å². The maximum atomic E-state index is 12.7. The molecule has 1 heterocycles. The SMILES string of the molecule is O=C1CC(=O)O[C@@H](CCc2ccc(F)cc2)C1. The monoisotopic (exact) mass is 236 g/mol. The molecular weight excluding hydrogens is 223 g/mol. The van der Waals surface area contributed by atoms with Gasteiger partial charge in [-0.15, -0.1) is 0 Å². The molecule has 0 N–H and O–H groups in total. The Morgan fingerprint density at radius 2 is 1.94 bits per heavy atom. The number of aryl methyl sites for hydroxylation is 1. The number of ketones is 1. The second-order valence-corrected chi connectivity index (χ2v) is 4.20. The van der Waals surface area contributed by atoms with Crippen molar-refractivity contribution >= 4 is 11.8 Å². The van der Waals surface area contributed by atoms with Crippen LogP contribution >= 0.6 is 0 Å². The average Bonchev–Trinajstić information content (AvgIpc) is 2.27. The predicted octanol–water partition coefficient (Wildman–Crippen LogP) is 2.03. The molecule has 90 valence electrons. The van der Waals surface area contributed by atoms with Gasteiger partial charge in [0.15, 0.2) is 0 Å². The average molecular weight is 236 g/mol. The lowest BCUT2D eigenvalue weighted by molar-refractivity contribution is -0.157. The molecule has 1 aliphatic rings. The van der Waals surface area contributed by atoms with E-state index in [2.05, 4.69) is 0 Å². The Balaban J connectivity index is 1.87. The number of hydrogen-bond acceptors (Lipinski definition) is 3. The number of rotatable bonds is 3. The zero-order valence-electron chi connectivity index (χ0n) is 9.32. The van der Waals surface area contributed by atoms with Gasteiger partial charge < -0.3 is 4.74 Å². The minimum absolute atomic E-state index is 0.0645. The smallest absolute Gasteiger partial charge is 0.313 e. The number of cyclic esters (lactones) is 1. The van der Waals surface area contributed by atoms with Crippen molar-refractivity contribution in [1.29, 1.82) is 0 Å². The Hall–Kier alpha value is -1.71. The Morgan fingerprint density at radius 3 is 2.59 bits per heavy atom. The van der Waals surface area contributed by atoms with E-state index < -0.39 is 5.97 Å². The highest BCUT2D eigenvalue weighted by Crippen LogP contribution is 2.17. The van der Waals surface area contributed by atoms with E-state index in [1.54, 1.807) is 12.1 Å². The summed E-state index contributed by atoms with van der Waals surface area (Å²) in [7, 11) is 0. The fourth-order valence-corrected chi connectivity index (χ4v) is 1.90. The quantitative estimate of drug-likeness (QED) is 0.595. The number of ether oxygens (including phenoxy) is 1. The molecule has 0 bridgehead atoms. The van der Waals surface area contributed by atoms with Crippen LogP contribution in [0.3, 0.4) is 0 Å². The van der Waals surface area contributed by atoms with Crippen LogP contribution in [-0.4, -0.2) is 17.9 Å². The van der Waals surface area contributed by atoms with E-state index in [4.69, 9.17) is 4.74 Å². The molecule has 0 aliphatic carbocycles. The Kier molecular flexibility index (Phi) is 3.52. The fraction of sp³-hybridized carbons (Fsp3) is 0.385. The summed E-state index contributed by atoms with van der Waals surface area (Å²) in [6, 6.07) is 6.18. The van der Waals surface area contributed by atoms with Crippen LogP contribution < -0.4 is 0 Å². The number of hydrogen-bond donors (Lipinski definition) is 0. The van der Waals surface area contributed by atoms with E-state index in [1.807, 2.05) is 0 Å². The fourth-order valence-electron chi connectivity index (χ4n) is 1.90. The summed E-state index contributed by atoms with van der Waals surface area (Å²) < 4.78 is 17.7. The van der Waals surface area contributed by atoms with Crippen LogP contribution in [-0.2, 0) is 20.7 Å². The molecule has 17 heavy (non-hydrogen) atoms. The van der Waals surface area contributed by atoms with Crippen LogP contribution in [0.15, 0.2) is 24.3 Å². The van der Waals surface area contributed by atoms with Crippen LogP contribution in [0.1, 0.15) is 24.8 Å². The first-order valence-electron chi connectivity index (χ1n) is 5.59. The highest BCUT2D eigenvalue weighted by atomic mass is 19.1. The third-order valence-corrected chi connectivity index (χ3v) is 2.76. The number of carbonyl (C=O) groups is 2. The summed E-state index contributed by atoms with van der Waals surface area (Å²) in [6.45, 7) is 0. The first kappa shape index (κ1) is 11.8. The van der Waals surface area contributed by atoms with E-state index in [0.29, 0.717) is 19.3 Å². The molecule has 0 amide bonds. The number of esters is 1. The van der Waals surface area contributed by atoms with Crippen molar-refractivity contribution in [2.24, 2.45) is 0 Å². The molecule has 1 aromatic carbocycles. The summed E-state index contributed by atoms with van der Waals surface area (Å²) >= 11 is 0. The molecule has 3 nitrogen and oxygen atoms in total. The number of carbonyl (C=O) groups excluding carboxylic acids is 2. The molecule has 2 rings (SSSR count). The van der Waals surface area contributed by atoms with Gasteiger partial charge in [0.2, 0.25) is 0 Å². The van der Waals surface area contributed by atoms with E-state index in [-0.39, 0.29) is 24.1 Å². The molecular formula is C13H13FO3. The lowest BCUT2D eigenvalue weighted by Crippen LogP contribution is -2.29. The summed E-state index contributed by atoms with van der Waals surface area (Å²) in [5, 5.41) is 0. The van der Waals surface area contributed by atoms with Gasteiger partial charge in [0.05, 0.1) is 0 Å². The lowest BCUT2D eigenvalue weighted by atomic mass is 10.0. The third kappa shape index (κ3) is 3.37. The van der Waals surface area contributed by atoms with Crippen molar-refractivity contribution in [3.8, 4) is 0 Å². The van der Waals surface area contributed by atoms with Gasteiger partial charge in [0.25, 0.3) is 0 Å². The molecule has 1 fully saturated rings. The minimum Gasteiger partial charge on any atom is -0.462 e. The zero-order valence-corrected chi connectivity index (χ0v) is 9.32. The van der Waals surface area contributed by atoms with Gasteiger partial charge in [0.1, 0.15) is 24.1 Å². The van der Waals surface area contributed by atoms with Crippen molar-refractivity contribution in [3.05, 3.63) is 35.6 Å². The molecule has 1 aliphatic heterocycles. The number of benzene rings is 1. The van der Waals surface area contributed by atoms with Crippen molar-refractivity contribution in [1.82, 2.24) is 0 Å². The van der Waals surface area contributed by atoms with Gasteiger partial charge >= 0.3 is 5.97 Å². The minimum atomic E-state index is -0.439. The molecule has 4 heteroatoms. The Labute approximate surface area is 98.6 Å². The molecule has 1 atom stereocenters. The highest BCUT2D eigenvalue weighted by molar-refractivity contribution is 5.97. The summed E-state index contributed by atoms with van der Waals surface area (Å²) in [6.07, 6.45) is 1.14. The van der Waals surface area contributed by atoms with Gasteiger partial charge in [0, 0.05) is 6.42 Å². The van der Waals surface area contributed by atoms with Crippen LogP contribution in [0.25, 0.3) is 0 Å². The topological polar surface area (TPSA) is 43.4 Å². The molecule has 1 aromatic rings. The first-order chi connectivity index (χ1) is 8.13. The predicted molar refractivity (Wildman–Crippen MR) is 58.8 cm³/mol. The maximum Gasteiger partial charge on any atom is 0.313 e. The van der Waals surface area contributed by atoms with Gasteiger partial charge in [-0.1, -0.05) is 12.1 Å². The van der Waals surface area contributed by atoms with Gasteiger partial charge in [-0.3, -0.25) is 9.59 Å². The molecule has 0 radical (unpaired) electrons. The highest BCUT2D eigenvalue weighted by Gasteiger charge is 2.26. The van der Waals surface area contributed by atoms with Gasteiger partial charge in [-0.25, -0.2) is 4.39 Å². The molecule has 1 saturated heterocycles. The van der Waals surface area contributed by atoms with E-state index in [9.17, 15) is 14.0 Å². The molecule has 0 spiro atoms. The molecule has 0 unspecified atom stereocenters. The maximum absolute atomic E-state index is 12.7. The van der Waals surface area contributed by atoms with Crippen molar-refractivity contribution < 1.29 is 18.7 Å². The number of halogens is 1. The van der Waals surface area contributed by atoms with E-state index in [0.717, 1.165) is 5.56 Å². The lowest BCUT2D eigenvalue weighted by Gasteiger charge is -2.21. The van der Waals surface area contributed by atoms with E-state index in [1.165, 1.54) is 12.1 Å². The van der Waals surface area contributed by atoms with Crippen LogP contribution in [0.5, 0.6) is 0 Å². The normalized spacial score (nSPS) is 20.2. The standard InChI is InChI=1S/C13H13FO3/c14-10-4-1-9(2-5-10)3-6-12-7-11(15)8-13(16)17-12/h1-2,4-5,12H,3,6-8H2/t12-/m0/s1. The van der Waals surface area contributed by atoms with Gasteiger partial charge in [-0.2, -0.15) is 0 Å². The number of Topliss-reactive ketones (excluding diaryl/α,β-unsaturated/α-hetero) is 1. The molecule has 0 saturated carbocycles.